The summed E-state index contributed by atoms with van der Waals surface area (Å²) in [6, 6.07) is 1.57. The molecule has 0 aliphatic rings. The summed E-state index contributed by atoms with van der Waals surface area (Å²) >= 11 is 5.36. The topological polar surface area (TPSA) is 49.8 Å². The van der Waals surface area contributed by atoms with Crippen molar-refractivity contribution in [3.63, 3.8) is 0 Å². The van der Waals surface area contributed by atoms with Crippen LogP contribution in [-0.4, -0.2) is 0 Å². The summed E-state index contributed by atoms with van der Waals surface area (Å²) in [5.41, 5.74) is 3.90. The van der Waals surface area contributed by atoms with E-state index < -0.39 is 34.2 Å². The monoisotopic (exact) mass is 266 g/mol. The third-order valence-corrected chi connectivity index (χ3v) is 2.37. The molecule has 92 valence electrons. The Hall–Kier alpha value is -1.32. The maximum atomic E-state index is 13.5. The van der Waals surface area contributed by atoms with Crippen LogP contribution in [-0.2, 0) is 6.18 Å². The standard InChI is InChI=1S/C10H7ClF4N2/c11-7-4-5(10(13,14)15)3-6(9(7)12)8(17)1-2-16/h3-4,8H,1,17H2/t8-/m0/s1. The van der Waals surface area contributed by atoms with Crippen LogP contribution in [0, 0.1) is 17.1 Å². The van der Waals surface area contributed by atoms with Crippen molar-refractivity contribution in [1.29, 1.82) is 5.26 Å². The normalized spacial score (nSPS) is 13.2. The van der Waals surface area contributed by atoms with E-state index in [0.717, 1.165) is 0 Å². The lowest BCUT2D eigenvalue weighted by Crippen LogP contribution is -2.14. The Morgan fingerprint density at radius 3 is 2.47 bits per heavy atom. The first-order chi connectivity index (χ1) is 7.77. The van der Waals surface area contributed by atoms with Gasteiger partial charge in [-0.2, -0.15) is 18.4 Å². The van der Waals surface area contributed by atoms with Crippen LogP contribution in [0.2, 0.25) is 5.02 Å². The van der Waals surface area contributed by atoms with E-state index in [4.69, 9.17) is 22.6 Å². The highest BCUT2D eigenvalue weighted by molar-refractivity contribution is 6.30. The van der Waals surface area contributed by atoms with E-state index in [9.17, 15) is 17.6 Å². The smallest absolute Gasteiger partial charge is 0.323 e. The van der Waals surface area contributed by atoms with Gasteiger partial charge in [-0.3, -0.25) is 0 Å². The lowest BCUT2D eigenvalue weighted by molar-refractivity contribution is -0.137. The van der Waals surface area contributed by atoms with Crippen LogP contribution in [0.15, 0.2) is 12.1 Å². The molecule has 2 N–H and O–H groups in total. The fourth-order valence-electron chi connectivity index (χ4n) is 1.25. The summed E-state index contributed by atoms with van der Waals surface area (Å²) in [4.78, 5) is 0. The summed E-state index contributed by atoms with van der Waals surface area (Å²) in [6.45, 7) is 0. The molecular weight excluding hydrogens is 260 g/mol. The van der Waals surface area contributed by atoms with Crippen molar-refractivity contribution in [2.24, 2.45) is 5.73 Å². The molecule has 1 rings (SSSR count). The lowest BCUT2D eigenvalue weighted by atomic mass is 10.0. The molecule has 0 spiro atoms. The summed E-state index contributed by atoms with van der Waals surface area (Å²) in [5, 5.41) is 7.72. The van der Waals surface area contributed by atoms with Gasteiger partial charge in [0, 0.05) is 11.6 Å². The molecule has 0 radical (unpaired) electrons. The zero-order chi connectivity index (χ0) is 13.2. The van der Waals surface area contributed by atoms with Gasteiger partial charge in [-0.05, 0) is 12.1 Å². The van der Waals surface area contributed by atoms with Gasteiger partial charge in [0.1, 0.15) is 5.82 Å². The van der Waals surface area contributed by atoms with E-state index in [1.165, 1.54) is 0 Å². The molecule has 7 heteroatoms. The predicted octanol–water partition coefficient (Wildman–Crippen LogP) is 3.41. The van der Waals surface area contributed by atoms with Crippen LogP contribution in [0.4, 0.5) is 17.6 Å². The molecule has 1 aromatic rings. The number of nitrogens with two attached hydrogens (primary N) is 1. The molecule has 1 aromatic carbocycles. The van der Waals surface area contributed by atoms with E-state index in [1.807, 2.05) is 0 Å². The van der Waals surface area contributed by atoms with E-state index >= 15 is 0 Å². The van der Waals surface area contributed by atoms with Crippen molar-refractivity contribution in [3.8, 4) is 6.07 Å². The third kappa shape index (κ3) is 3.08. The molecular formula is C10H7ClF4N2. The number of alkyl halides is 3. The molecule has 0 saturated carbocycles. The number of benzene rings is 1. The van der Waals surface area contributed by atoms with E-state index in [2.05, 4.69) is 0 Å². The minimum Gasteiger partial charge on any atom is -0.323 e. The number of hydrogen-bond donors (Lipinski definition) is 1. The summed E-state index contributed by atoms with van der Waals surface area (Å²) in [5.74, 6) is -1.03. The first-order valence-electron chi connectivity index (χ1n) is 4.46. The van der Waals surface area contributed by atoms with Gasteiger partial charge in [-0.1, -0.05) is 11.6 Å². The number of nitriles is 1. The molecule has 0 heterocycles. The Kier molecular flexibility index (Phi) is 3.96. The van der Waals surface area contributed by atoms with Crippen LogP contribution in [0.5, 0.6) is 0 Å². The van der Waals surface area contributed by atoms with Crippen LogP contribution >= 0.6 is 11.6 Å². The maximum absolute atomic E-state index is 13.5. The van der Waals surface area contributed by atoms with Gasteiger partial charge in [-0.25, -0.2) is 4.39 Å². The Labute approximate surface area is 99.6 Å². The van der Waals surface area contributed by atoms with Crippen molar-refractivity contribution >= 4 is 11.6 Å². The van der Waals surface area contributed by atoms with Crippen LogP contribution in [0.25, 0.3) is 0 Å². The first kappa shape index (κ1) is 13.7. The van der Waals surface area contributed by atoms with E-state index in [0.29, 0.717) is 12.1 Å². The zero-order valence-corrected chi connectivity index (χ0v) is 9.11. The molecule has 2 nitrogen and oxygen atoms in total. The second-order valence-corrected chi connectivity index (χ2v) is 3.73. The van der Waals surface area contributed by atoms with Gasteiger partial charge in [0.2, 0.25) is 0 Å². The SMILES string of the molecule is N#CC[C@H](N)c1cc(C(F)(F)F)cc(Cl)c1F. The van der Waals surface area contributed by atoms with Gasteiger partial charge in [0.25, 0.3) is 0 Å². The van der Waals surface area contributed by atoms with Crippen LogP contribution < -0.4 is 5.73 Å². The van der Waals surface area contributed by atoms with E-state index in [1.54, 1.807) is 6.07 Å². The van der Waals surface area contributed by atoms with Gasteiger partial charge < -0.3 is 5.73 Å². The second-order valence-electron chi connectivity index (χ2n) is 3.33. The number of rotatable bonds is 2. The van der Waals surface area contributed by atoms with Crippen molar-refractivity contribution < 1.29 is 17.6 Å². The quantitative estimate of drug-likeness (QED) is 0.834. The molecule has 1 atom stereocenters. The summed E-state index contributed by atoms with van der Waals surface area (Å²) in [7, 11) is 0. The predicted molar refractivity (Wildman–Crippen MR) is 53.6 cm³/mol. The van der Waals surface area contributed by atoms with Crippen molar-refractivity contribution in [2.75, 3.05) is 0 Å². The largest absolute Gasteiger partial charge is 0.416 e. The zero-order valence-electron chi connectivity index (χ0n) is 8.35. The Morgan fingerprint density at radius 1 is 1.41 bits per heavy atom. The average Bonchev–Trinajstić information content (AvgIpc) is 2.20. The van der Waals surface area contributed by atoms with Crippen molar-refractivity contribution in [2.45, 2.75) is 18.6 Å². The third-order valence-electron chi connectivity index (χ3n) is 2.09. The Balaban J connectivity index is 3.31. The average molecular weight is 267 g/mol. The molecule has 0 aliphatic carbocycles. The molecule has 0 saturated heterocycles. The van der Waals surface area contributed by atoms with Crippen LogP contribution in [0.1, 0.15) is 23.6 Å². The summed E-state index contributed by atoms with van der Waals surface area (Å²) in [6.07, 6.45) is -4.94. The molecule has 0 bridgehead atoms. The highest BCUT2D eigenvalue weighted by atomic mass is 35.5. The minimum atomic E-state index is -4.64. The van der Waals surface area contributed by atoms with Gasteiger partial charge in [0.05, 0.1) is 23.1 Å². The van der Waals surface area contributed by atoms with Gasteiger partial charge >= 0.3 is 6.18 Å². The minimum absolute atomic E-state index is 0.297. The van der Waals surface area contributed by atoms with Crippen molar-refractivity contribution in [3.05, 3.63) is 34.1 Å². The van der Waals surface area contributed by atoms with E-state index in [-0.39, 0.29) is 6.42 Å². The Bertz CT molecular complexity index is 465. The Morgan fingerprint density at radius 2 is 2.00 bits per heavy atom. The maximum Gasteiger partial charge on any atom is 0.416 e. The molecule has 0 aliphatic heterocycles. The fourth-order valence-corrected chi connectivity index (χ4v) is 1.48. The lowest BCUT2D eigenvalue weighted by Gasteiger charge is -2.14. The first-order valence-corrected chi connectivity index (χ1v) is 4.83. The van der Waals surface area contributed by atoms with Crippen molar-refractivity contribution in [1.82, 2.24) is 0 Å². The molecule has 0 unspecified atom stereocenters. The second kappa shape index (κ2) is 4.90. The highest BCUT2D eigenvalue weighted by Crippen LogP contribution is 2.35. The highest BCUT2D eigenvalue weighted by Gasteiger charge is 2.32. The molecule has 0 amide bonds. The number of nitrogens with zero attached hydrogens (tertiary/aromatic N) is 1. The number of hydrogen-bond acceptors (Lipinski definition) is 2. The number of halogens is 5. The fraction of sp³-hybridized carbons (Fsp3) is 0.300. The van der Waals surface area contributed by atoms with Gasteiger partial charge in [-0.15, -0.1) is 0 Å². The van der Waals surface area contributed by atoms with Gasteiger partial charge in [0.15, 0.2) is 0 Å². The van der Waals surface area contributed by atoms with Crippen LogP contribution in [0.3, 0.4) is 0 Å². The molecule has 0 aromatic heterocycles. The molecule has 0 fully saturated rings. The summed E-state index contributed by atoms with van der Waals surface area (Å²) < 4.78 is 50.8. The molecule has 17 heavy (non-hydrogen) atoms.